The van der Waals surface area contributed by atoms with Crippen LogP contribution in [0, 0.1) is 0 Å². The van der Waals surface area contributed by atoms with Gasteiger partial charge in [-0.05, 0) is 40.2 Å². The maximum Gasteiger partial charge on any atom is 0.337 e. The van der Waals surface area contributed by atoms with E-state index in [1.807, 2.05) is 0 Å². The van der Waals surface area contributed by atoms with Gasteiger partial charge >= 0.3 is 5.97 Å². The van der Waals surface area contributed by atoms with E-state index in [0.29, 0.717) is 10.4 Å². The Morgan fingerprint density at radius 2 is 2.10 bits per heavy atom. The van der Waals surface area contributed by atoms with Crippen molar-refractivity contribution in [3.05, 3.63) is 46.5 Å². The Morgan fingerprint density at radius 1 is 1.38 bits per heavy atom. The number of hydrogen-bond donors (Lipinski definition) is 1. The monoisotopic (exact) mass is 374 g/mol. The molecule has 2 aromatic heterocycles. The molecule has 0 saturated carbocycles. The predicted octanol–water partition coefficient (Wildman–Crippen LogP) is 1.96. The van der Waals surface area contributed by atoms with Crippen molar-refractivity contribution >= 4 is 31.9 Å². The van der Waals surface area contributed by atoms with Crippen LogP contribution in [0.4, 0.5) is 0 Å². The first kappa shape index (κ1) is 15.7. The standard InChI is InChI=1S/C12H11BrN2O5S/c1-15(7-9-3-4-10(13)20-9)21(18,19)11-5-2-8(6-14-11)12(16)17/h2-6H,7H2,1H3,(H,16,17). The van der Waals surface area contributed by atoms with Crippen LogP contribution in [-0.2, 0) is 16.6 Å². The normalized spacial score (nSPS) is 11.8. The zero-order valence-electron chi connectivity index (χ0n) is 10.9. The molecule has 2 heterocycles. The van der Waals surface area contributed by atoms with Gasteiger partial charge in [0, 0.05) is 13.2 Å². The number of carboxylic acid groups (broad SMARTS) is 1. The number of rotatable bonds is 5. The molecule has 0 atom stereocenters. The van der Waals surface area contributed by atoms with Crippen molar-refractivity contribution in [1.82, 2.24) is 9.29 Å². The van der Waals surface area contributed by atoms with Crippen molar-refractivity contribution in [2.45, 2.75) is 11.6 Å². The molecule has 2 rings (SSSR count). The molecule has 0 saturated heterocycles. The predicted molar refractivity (Wildman–Crippen MR) is 76.3 cm³/mol. The van der Waals surface area contributed by atoms with Gasteiger partial charge in [0.05, 0.1) is 12.1 Å². The second kappa shape index (κ2) is 5.96. The smallest absolute Gasteiger partial charge is 0.337 e. The van der Waals surface area contributed by atoms with Crippen LogP contribution in [0.1, 0.15) is 16.1 Å². The number of aromatic carboxylic acids is 1. The highest BCUT2D eigenvalue weighted by Gasteiger charge is 2.23. The Morgan fingerprint density at radius 3 is 2.57 bits per heavy atom. The molecular formula is C12H11BrN2O5S. The van der Waals surface area contributed by atoms with Crippen LogP contribution in [0.25, 0.3) is 0 Å². The van der Waals surface area contributed by atoms with Gasteiger partial charge in [-0.1, -0.05) is 0 Å². The van der Waals surface area contributed by atoms with E-state index in [1.165, 1.54) is 13.1 Å². The maximum absolute atomic E-state index is 12.3. The largest absolute Gasteiger partial charge is 0.478 e. The molecule has 0 aliphatic carbocycles. The number of furan rings is 1. The molecule has 1 N–H and O–H groups in total. The van der Waals surface area contributed by atoms with E-state index in [1.54, 1.807) is 12.1 Å². The minimum atomic E-state index is -3.82. The van der Waals surface area contributed by atoms with Crippen LogP contribution in [0.2, 0.25) is 0 Å². The fraction of sp³-hybridized carbons (Fsp3) is 0.167. The van der Waals surface area contributed by atoms with Gasteiger partial charge in [-0.15, -0.1) is 0 Å². The second-order valence-corrected chi connectivity index (χ2v) is 6.93. The van der Waals surface area contributed by atoms with Crippen LogP contribution in [0.5, 0.6) is 0 Å². The number of nitrogens with zero attached hydrogens (tertiary/aromatic N) is 2. The third-order valence-electron chi connectivity index (χ3n) is 2.67. The van der Waals surface area contributed by atoms with Gasteiger partial charge < -0.3 is 9.52 Å². The summed E-state index contributed by atoms with van der Waals surface area (Å²) in [6.45, 7) is 0.0380. The molecule has 0 unspecified atom stereocenters. The van der Waals surface area contributed by atoms with Crippen molar-refractivity contribution in [3.8, 4) is 0 Å². The summed E-state index contributed by atoms with van der Waals surface area (Å²) in [5, 5.41) is 8.55. The van der Waals surface area contributed by atoms with Crippen molar-refractivity contribution in [1.29, 1.82) is 0 Å². The molecule has 7 nitrogen and oxygen atoms in total. The fourth-order valence-corrected chi connectivity index (χ4v) is 2.94. The molecule has 0 aliphatic heterocycles. The van der Waals surface area contributed by atoms with Gasteiger partial charge in [-0.25, -0.2) is 18.2 Å². The number of carboxylic acids is 1. The molecule has 0 spiro atoms. The SMILES string of the molecule is CN(Cc1ccc(Br)o1)S(=O)(=O)c1ccc(C(=O)O)cn1. The van der Waals surface area contributed by atoms with Gasteiger partial charge in [0.25, 0.3) is 10.0 Å². The Bertz CT molecular complexity index is 754. The number of aromatic nitrogens is 1. The lowest BCUT2D eigenvalue weighted by Gasteiger charge is -2.15. The van der Waals surface area contributed by atoms with Gasteiger partial charge in [0.2, 0.25) is 0 Å². The summed E-state index contributed by atoms with van der Waals surface area (Å²) in [4.78, 5) is 14.4. The van der Waals surface area contributed by atoms with Crippen LogP contribution in [0.15, 0.2) is 44.6 Å². The van der Waals surface area contributed by atoms with E-state index in [-0.39, 0.29) is 17.1 Å². The molecule has 112 valence electrons. The van der Waals surface area contributed by atoms with Crippen molar-refractivity contribution in [2.75, 3.05) is 7.05 Å². The van der Waals surface area contributed by atoms with E-state index >= 15 is 0 Å². The van der Waals surface area contributed by atoms with E-state index in [0.717, 1.165) is 16.6 Å². The van der Waals surface area contributed by atoms with E-state index < -0.39 is 16.0 Å². The minimum Gasteiger partial charge on any atom is -0.478 e. The van der Waals surface area contributed by atoms with Crippen LogP contribution < -0.4 is 0 Å². The number of hydrogen-bond acceptors (Lipinski definition) is 5. The third kappa shape index (κ3) is 3.49. The number of carbonyl (C=O) groups is 1. The summed E-state index contributed by atoms with van der Waals surface area (Å²) < 4.78 is 31.4. The Kier molecular flexibility index (Phi) is 4.45. The van der Waals surface area contributed by atoms with E-state index in [4.69, 9.17) is 9.52 Å². The summed E-state index contributed by atoms with van der Waals surface area (Å²) in [5.74, 6) is -0.699. The molecule has 0 radical (unpaired) electrons. The first-order valence-electron chi connectivity index (χ1n) is 5.70. The lowest BCUT2D eigenvalue weighted by Crippen LogP contribution is -2.27. The quantitative estimate of drug-likeness (QED) is 0.858. The van der Waals surface area contributed by atoms with Crippen LogP contribution in [-0.4, -0.2) is 35.8 Å². The zero-order valence-corrected chi connectivity index (χ0v) is 13.3. The van der Waals surface area contributed by atoms with E-state index in [9.17, 15) is 13.2 Å². The van der Waals surface area contributed by atoms with Crippen molar-refractivity contribution in [2.24, 2.45) is 0 Å². The zero-order chi connectivity index (χ0) is 15.6. The molecule has 0 aliphatic rings. The highest BCUT2D eigenvalue weighted by molar-refractivity contribution is 9.10. The topological polar surface area (TPSA) is 101 Å². The Labute approximate surface area is 129 Å². The molecule has 21 heavy (non-hydrogen) atoms. The summed E-state index contributed by atoms with van der Waals surface area (Å²) in [6, 6.07) is 5.67. The Hall–Kier alpha value is -1.71. The summed E-state index contributed by atoms with van der Waals surface area (Å²) >= 11 is 3.14. The van der Waals surface area contributed by atoms with Gasteiger partial charge in [0.15, 0.2) is 9.70 Å². The molecule has 9 heteroatoms. The number of pyridine rings is 1. The Balaban J connectivity index is 2.22. The third-order valence-corrected chi connectivity index (χ3v) is 4.81. The maximum atomic E-state index is 12.3. The highest BCUT2D eigenvalue weighted by atomic mass is 79.9. The number of halogens is 1. The molecule has 0 bridgehead atoms. The number of sulfonamides is 1. The lowest BCUT2D eigenvalue weighted by molar-refractivity contribution is 0.0696. The summed E-state index contributed by atoms with van der Waals surface area (Å²) in [6.07, 6.45) is 1.01. The fourth-order valence-electron chi connectivity index (χ4n) is 1.56. The first-order valence-corrected chi connectivity index (χ1v) is 7.94. The van der Waals surface area contributed by atoms with Crippen LogP contribution >= 0.6 is 15.9 Å². The first-order chi connectivity index (χ1) is 9.80. The van der Waals surface area contributed by atoms with Crippen molar-refractivity contribution < 1.29 is 22.7 Å². The molecular weight excluding hydrogens is 364 g/mol. The van der Waals surface area contributed by atoms with Crippen LogP contribution in [0.3, 0.4) is 0 Å². The molecule has 0 amide bonds. The van der Waals surface area contributed by atoms with Gasteiger partial charge in [-0.3, -0.25) is 0 Å². The minimum absolute atomic E-state index is 0.0380. The van der Waals surface area contributed by atoms with Gasteiger partial charge in [-0.2, -0.15) is 4.31 Å². The lowest BCUT2D eigenvalue weighted by atomic mass is 10.3. The second-order valence-electron chi connectivity index (χ2n) is 4.16. The molecule has 0 aromatic carbocycles. The van der Waals surface area contributed by atoms with Crippen molar-refractivity contribution in [3.63, 3.8) is 0 Å². The molecule has 0 fully saturated rings. The summed E-state index contributed by atoms with van der Waals surface area (Å²) in [7, 11) is -2.43. The van der Waals surface area contributed by atoms with E-state index in [2.05, 4.69) is 20.9 Å². The average molecular weight is 375 g/mol. The summed E-state index contributed by atoms with van der Waals surface area (Å²) in [5.41, 5.74) is -0.0773. The van der Waals surface area contributed by atoms with Gasteiger partial charge in [0.1, 0.15) is 5.76 Å². The highest BCUT2D eigenvalue weighted by Crippen LogP contribution is 2.19. The molecule has 2 aromatic rings. The average Bonchev–Trinajstić information content (AvgIpc) is 2.84.